The maximum atomic E-state index is 2.44. The lowest BCUT2D eigenvalue weighted by molar-refractivity contribution is 1.19. The van der Waals surface area contributed by atoms with Gasteiger partial charge in [0.2, 0.25) is 0 Å². The quantitative estimate of drug-likeness (QED) is 0.152. The Hall–Kier alpha value is -8.78. The monoisotopic (exact) mass is 847 g/mol. The Balaban J connectivity index is 0.869. The third-order valence-electron chi connectivity index (χ3n) is 14.3. The highest BCUT2D eigenvalue weighted by molar-refractivity contribution is 6.23. The van der Waals surface area contributed by atoms with Crippen molar-refractivity contribution in [2.45, 2.75) is 0 Å². The van der Waals surface area contributed by atoms with Crippen LogP contribution >= 0.6 is 0 Å². The van der Waals surface area contributed by atoms with E-state index >= 15 is 0 Å². The smallest absolute Gasteiger partial charge is 0.0541 e. The van der Waals surface area contributed by atoms with Gasteiger partial charge in [-0.25, -0.2) is 0 Å². The molecule has 310 valence electrons. The maximum Gasteiger partial charge on any atom is 0.0541 e. The summed E-state index contributed by atoms with van der Waals surface area (Å²) >= 11 is 0. The Kier molecular flexibility index (Phi) is 8.35. The van der Waals surface area contributed by atoms with Gasteiger partial charge in [0.1, 0.15) is 0 Å². The summed E-state index contributed by atoms with van der Waals surface area (Å²) in [5.74, 6) is 0. The SMILES string of the molecule is c1ccc2cc(-c3c4ccccc4c(-c4ccc5ccccc5c4)c4cc(-c5ccc6cc(-c7ccc8cc(-n9c%10ccccc%10c%10ccccc%109)ccc8c7)ccc6c5)ccc34)ccc2c1. The molecule has 13 aromatic carbocycles. The topological polar surface area (TPSA) is 4.93 Å². The lowest BCUT2D eigenvalue weighted by atomic mass is 9.84. The molecule has 67 heavy (non-hydrogen) atoms. The average molecular weight is 848 g/mol. The minimum atomic E-state index is 1.18. The Labute approximate surface area is 388 Å². The molecular weight excluding hydrogens is 807 g/mol. The Morgan fingerprint density at radius 3 is 1.06 bits per heavy atom. The maximum absolute atomic E-state index is 2.44. The van der Waals surface area contributed by atoms with Crippen LogP contribution in [0, 0.1) is 0 Å². The van der Waals surface area contributed by atoms with Crippen LogP contribution in [0.3, 0.4) is 0 Å². The second-order valence-electron chi connectivity index (χ2n) is 18.1. The van der Waals surface area contributed by atoms with Crippen molar-refractivity contribution in [2.75, 3.05) is 0 Å². The number of para-hydroxylation sites is 2. The van der Waals surface area contributed by atoms with Crippen LogP contribution < -0.4 is 0 Å². The Morgan fingerprint density at radius 2 is 0.522 bits per heavy atom. The van der Waals surface area contributed by atoms with E-state index in [1.54, 1.807) is 0 Å². The predicted octanol–water partition coefficient (Wildman–Crippen LogP) is 18.4. The zero-order valence-corrected chi connectivity index (χ0v) is 36.6. The summed E-state index contributed by atoms with van der Waals surface area (Å²) in [4.78, 5) is 0. The van der Waals surface area contributed by atoms with Crippen LogP contribution in [0.5, 0.6) is 0 Å². The first-order valence-corrected chi connectivity index (χ1v) is 23.2. The van der Waals surface area contributed by atoms with E-state index in [4.69, 9.17) is 0 Å². The van der Waals surface area contributed by atoms with Gasteiger partial charge in [-0.1, -0.05) is 188 Å². The molecule has 14 aromatic rings. The molecule has 0 radical (unpaired) electrons. The largest absolute Gasteiger partial charge is 0.309 e. The van der Waals surface area contributed by atoms with Crippen molar-refractivity contribution in [3.05, 3.63) is 249 Å². The van der Waals surface area contributed by atoms with E-state index in [0.717, 1.165) is 0 Å². The van der Waals surface area contributed by atoms with Crippen LogP contribution in [-0.2, 0) is 0 Å². The van der Waals surface area contributed by atoms with Gasteiger partial charge in [0.15, 0.2) is 0 Å². The molecule has 0 aliphatic carbocycles. The van der Waals surface area contributed by atoms with Crippen molar-refractivity contribution in [1.82, 2.24) is 4.57 Å². The molecule has 0 saturated heterocycles. The standard InChI is InChI=1S/C66H41N/c1-3-13-44-38-54(29-21-42(44)11-1)65-59-17-5-6-18-60(59)66(55-30-22-43-12-2-4-14-45(43)39-55)62-41-53(32-34-61(62)65)50-26-25-47-35-46(23-24-48(47)36-50)49-27-28-52-40-56(33-31-51(52)37-49)67-63-19-9-7-15-57(63)58-16-8-10-20-64(58)67/h1-41H. The van der Waals surface area contributed by atoms with Crippen molar-refractivity contribution in [3.8, 4) is 50.2 Å². The molecule has 0 unspecified atom stereocenters. The van der Waals surface area contributed by atoms with Gasteiger partial charge in [0.25, 0.3) is 0 Å². The molecule has 1 heteroatoms. The van der Waals surface area contributed by atoms with Crippen LogP contribution in [0.2, 0.25) is 0 Å². The van der Waals surface area contributed by atoms with Crippen molar-refractivity contribution in [1.29, 1.82) is 0 Å². The molecule has 0 aliphatic heterocycles. The number of fused-ring (bicyclic) bond motifs is 9. The van der Waals surface area contributed by atoms with Crippen molar-refractivity contribution >= 4 is 86.4 Å². The minimum Gasteiger partial charge on any atom is -0.309 e. The van der Waals surface area contributed by atoms with Crippen molar-refractivity contribution < 1.29 is 0 Å². The average Bonchev–Trinajstić information content (AvgIpc) is 3.73. The van der Waals surface area contributed by atoms with Gasteiger partial charge in [-0.2, -0.15) is 0 Å². The summed E-state index contributed by atoms with van der Waals surface area (Å²) in [5, 5.41) is 17.5. The molecule has 0 amide bonds. The first-order valence-electron chi connectivity index (χ1n) is 23.2. The number of hydrogen-bond acceptors (Lipinski definition) is 0. The van der Waals surface area contributed by atoms with Gasteiger partial charge >= 0.3 is 0 Å². The second kappa shape index (κ2) is 14.9. The number of hydrogen-bond donors (Lipinski definition) is 0. The first kappa shape index (κ1) is 37.6. The summed E-state index contributed by atoms with van der Waals surface area (Å²) in [5.41, 5.74) is 13.5. The molecule has 0 saturated carbocycles. The molecule has 1 nitrogen and oxygen atoms in total. The third-order valence-corrected chi connectivity index (χ3v) is 14.3. The summed E-state index contributed by atoms with van der Waals surface area (Å²) in [6, 6.07) is 92.3. The van der Waals surface area contributed by atoms with Gasteiger partial charge in [0.05, 0.1) is 11.0 Å². The fourth-order valence-electron chi connectivity index (χ4n) is 11.0. The molecule has 0 N–H and O–H groups in total. The fourth-order valence-corrected chi connectivity index (χ4v) is 11.0. The predicted molar refractivity (Wildman–Crippen MR) is 288 cm³/mol. The normalized spacial score (nSPS) is 11.9. The molecule has 0 fully saturated rings. The van der Waals surface area contributed by atoms with Crippen molar-refractivity contribution in [3.63, 3.8) is 0 Å². The fraction of sp³-hybridized carbons (Fsp3) is 0. The molecule has 1 aromatic heterocycles. The van der Waals surface area contributed by atoms with Crippen LogP contribution in [0.15, 0.2) is 249 Å². The van der Waals surface area contributed by atoms with E-state index in [-0.39, 0.29) is 0 Å². The molecular formula is C66H41N. The van der Waals surface area contributed by atoms with E-state index < -0.39 is 0 Å². The minimum absolute atomic E-state index is 1.18. The number of benzene rings is 13. The molecule has 14 rings (SSSR count). The number of aromatic nitrogens is 1. The highest BCUT2D eigenvalue weighted by Gasteiger charge is 2.19. The lowest BCUT2D eigenvalue weighted by Gasteiger charge is -2.19. The van der Waals surface area contributed by atoms with Gasteiger partial charge in [0, 0.05) is 16.5 Å². The molecule has 1 heterocycles. The molecule has 0 aliphatic rings. The van der Waals surface area contributed by atoms with Crippen LogP contribution in [0.25, 0.3) is 137 Å². The Bertz CT molecular complexity index is 4290. The third kappa shape index (κ3) is 6.09. The number of rotatable bonds is 5. The second-order valence-corrected chi connectivity index (χ2v) is 18.1. The summed E-state index contributed by atoms with van der Waals surface area (Å²) in [6.07, 6.45) is 0. The zero-order valence-electron chi connectivity index (χ0n) is 36.6. The lowest BCUT2D eigenvalue weighted by Crippen LogP contribution is -1.93. The van der Waals surface area contributed by atoms with E-state index in [1.165, 1.54) is 137 Å². The van der Waals surface area contributed by atoms with E-state index in [2.05, 4.69) is 253 Å². The summed E-state index contributed by atoms with van der Waals surface area (Å²) < 4.78 is 2.39. The highest BCUT2D eigenvalue weighted by Crippen LogP contribution is 2.46. The van der Waals surface area contributed by atoms with Gasteiger partial charge in [-0.15, -0.1) is 0 Å². The van der Waals surface area contributed by atoms with Crippen LogP contribution in [0.4, 0.5) is 0 Å². The zero-order chi connectivity index (χ0) is 44.0. The Morgan fingerprint density at radius 1 is 0.194 bits per heavy atom. The summed E-state index contributed by atoms with van der Waals surface area (Å²) in [6.45, 7) is 0. The molecule has 0 spiro atoms. The van der Waals surface area contributed by atoms with Crippen LogP contribution in [-0.4, -0.2) is 4.57 Å². The van der Waals surface area contributed by atoms with Gasteiger partial charge < -0.3 is 4.57 Å². The van der Waals surface area contributed by atoms with Crippen LogP contribution in [0.1, 0.15) is 0 Å². The summed E-state index contributed by atoms with van der Waals surface area (Å²) in [7, 11) is 0. The number of nitrogens with zero attached hydrogens (tertiary/aromatic N) is 1. The van der Waals surface area contributed by atoms with Gasteiger partial charge in [-0.3, -0.25) is 0 Å². The van der Waals surface area contributed by atoms with E-state index in [9.17, 15) is 0 Å². The first-order chi connectivity index (χ1) is 33.2. The highest BCUT2D eigenvalue weighted by atomic mass is 15.0. The van der Waals surface area contributed by atoms with Gasteiger partial charge in [-0.05, 0) is 170 Å². The van der Waals surface area contributed by atoms with Crippen molar-refractivity contribution in [2.24, 2.45) is 0 Å². The van der Waals surface area contributed by atoms with E-state index in [0.29, 0.717) is 0 Å². The molecule has 0 atom stereocenters. The van der Waals surface area contributed by atoms with E-state index in [1.807, 2.05) is 0 Å². The molecule has 0 bridgehead atoms.